The SMILES string of the molecule is Cn1cc(-c2c[nH]c(=O)c3cnc(N[C@@H]4CCCC[C@@H]4N)nc23)cn1. The molecule has 0 radical (unpaired) electrons. The molecule has 3 aromatic rings. The van der Waals surface area contributed by atoms with Crippen LogP contribution in [0, 0.1) is 0 Å². The van der Waals surface area contributed by atoms with Gasteiger partial charge in [-0.25, -0.2) is 9.97 Å². The highest BCUT2D eigenvalue weighted by molar-refractivity contribution is 5.92. The highest BCUT2D eigenvalue weighted by atomic mass is 16.1. The molecule has 4 rings (SSSR count). The van der Waals surface area contributed by atoms with Crippen molar-refractivity contribution in [3.05, 3.63) is 35.1 Å². The van der Waals surface area contributed by atoms with Crippen molar-refractivity contribution in [3.63, 3.8) is 0 Å². The van der Waals surface area contributed by atoms with Crippen molar-refractivity contribution in [3.8, 4) is 11.1 Å². The van der Waals surface area contributed by atoms with Crippen LogP contribution in [-0.4, -0.2) is 36.8 Å². The highest BCUT2D eigenvalue weighted by Crippen LogP contribution is 2.25. The summed E-state index contributed by atoms with van der Waals surface area (Å²) < 4.78 is 1.72. The van der Waals surface area contributed by atoms with Crippen molar-refractivity contribution >= 4 is 16.9 Å². The summed E-state index contributed by atoms with van der Waals surface area (Å²) >= 11 is 0. The smallest absolute Gasteiger partial charge is 0.259 e. The molecule has 3 heterocycles. The molecule has 4 N–H and O–H groups in total. The van der Waals surface area contributed by atoms with E-state index in [-0.39, 0.29) is 17.6 Å². The fourth-order valence-corrected chi connectivity index (χ4v) is 3.39. The van der Waals surface area contributed by atoms with Gasteiger partial charge in [0.25, 0.3) is 5.56 Å². The number of anilines is 1. The maximum Gasteiger partial charge on any atom is 0.259 e. The van der Waals surface area contributed by atoms with Gasteiger partial charge in [0.2, 0.25) is 5.95 Å². The molecule has 3 aromatic heterocycles. The lowest BCUT2D eigenvalue weighted by Gasteiger charge is -2.29. The molecule has 0 amide bonds. The molecular weight excluding hydrogens is 318 g/mol. The Kier molecular flexibility index (Phi) is 3.96. The first kappa shape index (κ1) is 15.8. The number of nitrogens with two attached hydrogens (primary N) is 1. The van der Waals surface area contributed by atoms with Crippen LogP contribution in [0.25, 0.3) is 22.0 Å². The Bertz CT molecular complexity index is 961. The van der Waals surface area contributed by atoms with Crippen LogP contribution in [0.1, 0.15) is 25.7 Å². The minimum absolute atomic E-state index is 0.102. The van der Waals surface area contributed by atoms with Gasteiger partial charge in [-0.1, -0.05) is 12.8 Å². The van der Waals surface area contributed by atoms with Gasteiger partial charge in [-0.15, -0.1) is 0 Å². The van der Waals surface area contributed by atoms with E-state index in [0.29, 0.717) is 16.9 Å². The third-order valence-corrected chi connectivity index (χ3v) is 4.79. The fraction of sp³-hybridized carbons (Fsp3) is 0.412. The summed E-state index contributed by atoms with van der Waals surface area (Å²) in [5, 5.41) is 8.00. The van der Waals surface area contributed by atoms with E-state index in [2.05, 4.69) is 25.4 Å². The first-order valence-corrected chi connectivity index (χ1v) is 8.51. The van der Waals surface area contributed by atoms with E-state index in [1.54, 1.807) is 23.3 Å². The maximum atomic E-state index is 12.1. The van der Waals surface area contributed by atoms with E-state index in [0.717, 1.165) is 30.4 Å². The molecule has 2 atom stereocenters. The molecule has 1 saturated carbocycles. The van der Waals surface area contributed by atoms with Crippen molar-refractivity contribution in [2.75, 3.05) is 5.32 Å². The van der Waals surface area contributed by atoms with Crippen molar-refractivity contribution < 1.29 is 0 Å². The van der Waals surface area contributed by atoms with Crippen LogP contribution in [0.4, 0.5) is 5.95 Å². The van der Waals surface area contributed by atoms with Crippen LogP contribution in [0.2, 0.25) is 0 Å². The van der Waals surface area contributed by atoms with Crippen LogP contribution < -0.4 is 16.6 Å². The van der Waals surface area contributed by atoms with Crippen LogP contribution in [0.5, 0.6) is 0 Å². The molecule has 0 aliphatic heterocycles. The number of rotatable bonds is 3. The van der Waals surface area contributed by atoms with Crippen molar-refractivity contribution in [1.29, 1.82) is 0 Å². The lowest BCUT2D eigenvalue weighted by atomic mass is 9.91. The van der Waals surface area contributed by atoms with Crippen molar-refractivity contribution in [2.24, 2.45) is 12.8 Å². The Morgan fingerprint density at radius 2 is 2.16 bits per heavy atom. The van der Waals surface area contributed by atoms with Gasteiger partial charge in [0.05, 0.1) is 17.1 Å². The first-order chi connectivity index (χ1) is 12.1. The van der Waals surface area contributed by atoms with Gasteiger partial charge in [-0.2, -0.15) is 5.10 Å². The molecule has 1 aliphatic rings. The second kappa shape index (κ2) is 6.29. The van der Waals surface area contributed by atoms with E-state index in [1.807, 2.05) is 13.2 Å². The monoisotopic (exact) mass is 339 g/mol. The van der Waals surface area contributed by atoms with Gasteiger partial charge in [0.1, 0.15) is 0 Å². The van der Waals surface area contributed by atoms with Crippen LogP contribution in [0.3, 0.4) is 0 Å². The van der Waals surface area contributed by atoms with Gasteiger partial charge in [0, 0.05) is 48.8 Å². The fourth-order valence-electron chi connectivity index (χ4n) is 3.39. The second-order valence-electron chi connectivity index (χ2n) is 6.59. The summed E-state index contributed by atoms with van der Waals surface area (Å²) in [6, 6.07) is 0.264. The molecule has 0 spiro atoms. The van der Waals surface area contributed by atoms with E-state index in [1.165, 1.54) is 6.42 Å². The molecule has 1 fully saturated rings. The van der Waals surface area contributed by atoms with E-state index in [9.17, 15) is 4.79 Å². The Balaban J connectivity index is 1.77. The quantitative estimate of drug-likeness (QED) is 0.664. The summed E-state index contributed by atoms with van der Waals surface area (Å²) in [5.74, 6) is 0.505. The minimum atomic E-state index is -0.205. The van der Waals surface area contributed by atoms with Crippen molar-refractivity contribution in [1.82, 2.24) is 24.7 Å². The second-order valence-corrected chi connectivity index (χ2v) is 6.59. The Labute approximate surface area is 144 Å². The standard InChI is InChI=1S/C17H21N7O/c1-24-9-10(6-21-24)11-7-19-16(25)12-8-20-17(23-15(11)12)22-14-5-3-2-4-13(14)18/h6-9,13-14H,2-5,18H2,1H3,(H,19,25)(H,20,22,23)/t13-,14+/m0/s1. The number of hydrogen-bond donors (Lipinski definition) is 3. The Morgan fingerprint density at radius 1 is 1.32 bits per heavy atom. The number of hydrogen-bond acceptors (Lipinski definition) is 6. The Morgan fingerprint density at radius 3 is 2.92 bits per heavy atom. The van der Waals surface area contributed by atoms with Crippen molar-refractivity contribution in [2.45, 2.75) is 37.8 Å². The summed E-state index contributed by atoms with van der Waals surface area (Å²) in [4.78, 5) is 23.8. The van der Waals surface area contributed by atoms with Gasteiger partial charge in [-0.05, 0) is 12.8 Å². The number of aromatic amines is 1. The zero-order chi connectivity index (χ0) is 17.4. The molecule has 1 aliphatic carbocycles. The zero-order valence-corrected chi connectivity index (χ0v) is 14.1. The molecule has 0 unspecified atom stereocenters. The third kappa shape index (κ3) is 3.00. The maximum absolute atomic E-state index is 12.1. The van der Waals surface area contributed by atoms with Gasteiger partial charge < -0.3 is 16.0 Å². The molecule has 130 valence electrons. The largest absolute Gasteiger partial charge is 0.350 e. The molecule has 25 heavy (non-hydrogen) atoms. The predicted molar refractivity (Wildman–Crippen MR) is 96.2 cm³/mol. The van der Waals surface area contributed by atoms with Crippen LogP contribution >= 0.6 is 0 Å². The van der Waals surface area contributed by atoms with Crippen LogP contribution in [0.15, 0.2) is 29.6 Å². The molecule has 0 aromatic carbocycles. The normalized spacial score (nSPS) is 20.7. The predicted octanol–water partition coefficient (Wildman–Crippen LogP) is 1.40. The number of nitrogens with one attached hydrogen (secondary N) is 2. The first-order valence-electron chi connectivity index (χ1n) is 8.51. The van der Waals surface area contributed by atoms with Gasteiger partial charge >= 0.3 is 0 Å². The van der Waals surface area contributed by atoms with E-state index >= 15 is 0 Å². The summed E-state index contributed by atoms with van der Waals surface area (Å²) in [6.45, 7) is 0. The number of pyridine rings is 1. The summed E-state index contributed by atoms with van der Waals surface area (Å²) in [7, 11) is 1.85. The van der Waals surface area contributed by atoms with Gasteiger partial charge in [0.15, 0.2) is 0 Å². The molecule has 8 heteroatoms. The summed E-state index contributed by atoms with van der Waals surface area (Å²) in [6.07, 6.45) is 11.2. The summed E-state index contributed by atoms with van der Waals surface area (Å²) in [5.41, 5.74) is 8.32. The van der Waals surface area contributed by atoms with E-state index in [4.69, 9.17) is 5.73 Å². The molecule has 0 saturated heterocycles. The number of aryl methyl sites for hydroxylation is 1. The topological polar surface area (TPSA) is 115 Å². The average molecular weight is 339 g/mol. The zero-order valence-electron chi connectivity index (χ0n) is 14.1. The lowest BCUT2D eigenvalue weighted by Crippen LogP contribution is -2.42. The van der Waals surface area contributed by atoms with Crippen LogP contribution in [-0.2, 0) is 7.05 Å². The lowest BCUT2D eigenvalue weighted by molar-refractivity contribution is 0.402. The number of nitrogens with zero attached hydrogens (tertiary/aromatic N) is 4. The number of fused-ring (bicyclic) bond motifs is 1. The molecule has 8 nitrogen and oxygen atoms in total. The minimum Gasteiger partial charge on any atom is -0.350 e. The van der Waals surface area contributed by atoms with E-state index < -0.39 is 0 Å². The third-order valence-electron chi connectivity index (χ3n) is 4.79. The highest BCUT2D eigenvalue weighted by Gasteiger charge is 2.22. The van der Waals surface area contributed by atoms with Gasteiger partial charge in [-0.3, -0.25) is 9.48 Å². The Hall–Kier alpha value is -2.74. The molecular formula is C17H21N7O. The average Bonchev–Trinajstić information content (AvgIpc) is 3.03. The number of H-pyrrole nitrogens is 1. The molecule has 0 bridgehead atoms. The number of aromatic nitrogens is 5.